The third-order valence-electron chi connectivity index (χ3n) is 4.09. The first-order chi connectivity index (χ1) is 9.69. The van der Waals surface area contributed by atoms with E-state index < -0.39 is 0 Å². The fourth-order valence-corrected chi connectivity index (χ4v) is 2.96. The van der Waals surface area contributed by atoms with Crippen LogP contribution in [0.2, 0.25) is 0 Å². The van der Waals surface area contributed by atoms with E-state index in [1.54, 1.807) is 4.90 Å². The van der Waals surface area contributed by atoms with Crippen LogP contribution in [0.5, 0.6) is 0 Å². The Kier molecular flexibility index (Phi) is 3.07. The number of carbonyl (C=O) groups is 1. The molecule has 2 amide bonds. The molecule has 2 heterocycles. The summed E-state index contributed by atoms with van der Waals surface area (Å²) < 4.78 is 0. The Bertz CT molecular complexity index is 689. The Morgan fingerprint density at radius 1 is 1.40 bits per heavy atom. The highest BCUT2D eigenvalue weighted by Crippen LogP contribution is 2.33. The molecule has 5 nitrogen and oxygen atoms in total. The molecule has 0 unspecified atom stereocenters. The van der Waals surface area contributed by atoms with Crippen molar-refractivity contribution in [2.75, 3.05) is 13.1 Å². The second kappa shape index (κ2) is 4.89. The smallest absolute Gasteiger partial charge is 0.314 e. The molecular formula is C15H16N4O. The van der Waals surface area contributed by atoms with Gasteiger partial charge in [-0.3, -0.25) is 0 Å². The number of benzene rings is 1. The van der Waals surface area contributed by atoms with Crippen molar-refractivity contribution < 1.29 is 4.79 Å². The summed E-state index contributed by atoms with van der Waals surface area (Å²) in [5.74, 6) is 0.410. The number of hydrogen-bond donors (Lipinski definition) is 2. The van der Waals surface area contributed by atoms with Crippen LogP contribution in [0, 0.1) is 11.3 Å². The minimum Gasteiger partial charge on any atom is -0.361 e. The summed E-state index contributed by atoms with van der Waals surface area (Å²) in [6.07, 6.45) is 3.84. The number of primary amides is 1. The summed E-state index contributed by atoms with van der Waals surface area (Å²) in [7, 11) is 0. The number of nitrogens with zero attached hydrogens (tertiary/aromatic N) is 2. The summed E-state index contributed by atoms with van der Waals surface area (Å²) in [5.41, 5.74) is 8.27. The standard InChI is InChI=1S/C15H16N4O/c16-8-10-1-2-14-12(7-10)13(9-18-14)11-3-5-19(6-4-11)15(17)20/h1-2,7,9,11,18H,3-6H2,(H2,17,20). The predicted octanol–water partition coefficient (Wildman–Crippen LogP) is 2.30. The van der Waals surface area contributed by atoms with Gasteiger partial charge in [0.15, 0.2) is 0 Å². The SMILES string of the molecule is N#Cc1ccc2[nH]cc(C3CCN(C(N)=O)CC3)c2c1. The topological polar surface area (TPSA) is 85.9 Å². The molecule has 3 rings (SSSR count). The van der Waals surface area contributed by atoms with Crippen LogP contribution in [0.1, 0.15) is 29.9 Å². The largest absolute Gasteiger partial charge is 0.361 e. The summed E-state index contributed by atoms with van der Waals surface area (Å²) in [6, 6.07) is 7.53. The number of nitrogens with one attached hydrogen (secondary N) is 1. The molecule has 1 saturated heterocycles. The van der Waals surface area contributed by atoms with Crippen molar-refractivity contribution in [2.45, 2.75) is 18.8 Å². The van der Waals surface area contributed by atoms with Crippen LogP contribution >= 0.6 is 0 Å². The van der Waals surface area contributed by atoms with Gasteiger partial charge in [0.2, 0.25) is 0 Å². The summed E-state index contributed by atoms with van der Waals surface area (Å²) in [5, 5.41) is 10.1. The number of hydrogen-bond acceptors (Lipinski definition) is 2. The van der Waals surface area contributed by atoms with E-state index >= 15 is 0 Å². The van der Waals surface area contributed by atoms with Gasteiger partial charge in [0, 0.05) is 30.2 Å². The number of likely N-dealkylation sites (tertiary alicyclic amines) is 1. The van der Waals surface area contributed by atoms with Crippen LogP contribution in [-0.2, 0) is 0 Å². The average Bonchev–Trinajstić information content (AvgIpc) is 2.90. The number of nitriles is 1. The second-order valence-corrected chi connectivity index (χ2v) is 5.22. The fraction of sp³-hybridized carbons (Fsp3) is 0.333. The van der Waals surface area contributed by atoms with E-state index in [-0.39, 0.29) is 6.03 Å². The third kappa shape index (κ3) is 2.10. The zero-order valence-electron chi connectivity index (χ0n) is 11.1. The number of urea groups is 1. The van der Waals surface area contributed by atoms with Crippen LogP contribution in [-0.4, -0.2) is 29.0 Å². The third-order valence-corrected chi connectivity index (χ3v) is 4.09. The number of aromatic amines is 1. The van der Waals surface area contributed by atoms with Crippen LogP contribution in [0.3, 0.4) is 0 Å². The number of fused-ring (bicyclic) bond motifs is 1. The zero-order chi connectivity index (χ0) is 14.1. The Morgan fingerprint density at radius 3 is 2.80 bits per heavy atom. The first-order valence-electron chi connectivity index (χ1n) is 6.74. The highest BCUT2D eigenvalue weighted by molar-refractivity contribution is 5.85. The molecule has 1 aliphatic heterocycles. The van der Waals surface area contributed by atoms with Gasteiger partial charge in [0.05, 0.1) is 11.6 Å². The number of nitrogens with two attached hydrogens (primary N) is 1. The highest BCUT2D eigenvalue weighted by atomic mass is 16.2. The van der Waals surface area contributed by atoms with Crippen molar-refractivity contribution >= 4 is 16.9 Å². The minimum absolute atomic E-state index is 0.339. The molecule has 1 fully saturated rings. The second-order valence-electron chi connectivity index (χ2n) is 5.22. The van der Waals surface area contributed by atoms with Crippen molar-refractivity contribution in [3.8, 4) is 6.07 Å². The number of piperidine rings is 1. The normalized spacial score (nSPS) is 16.2. The zero-order valence-corrected chi connectivity index (χ0v) is 11.1. The van der Waals surface area contributed by atoms with Gasteiger partial charge in [0.25, 0.3) is 0 Å². The summed E-state index contributed by atoms with van der Waals surface area (Å²) in [6.45, 7) is 1.40. The summed E-state index contributed by atoms with van der Waals surface area (Å²) in [4.78, 5) is 16.1. The lowest BCUT2D eigenvalue weighted by molar-refractivity contribution is 0.191. The lowest BCUT2D eigenvalue weighted by Crippen LogP contribution is -2.41. The Labute approximate surface area is 117 Å². The molecule has 1 aromatic heterocycles. The maximum Gasteiger partial charge on any atom is 0.314 e. The minimum atomic E-state index is -0.339. The van der Waals surface area contributed by atoms with Crippen molar-refractivity contribution in [3.05, 3.63) is 35.5 Å². The molecule has 1 aliphatic rings. The van der Waals surface area contributed by atoms with Gasteiger partial charge in [0.1, 0.15) is 0 Å². The van der Waals surface area contributed by atoms with Gasteiger partial charge in [-0.1, -0.05) is 0 Å². The number of amides is 2. The number of aromatic nitrogens is 1. The van der Waals surface area contributed by atoms with Crippen LogP contribution in [0.25, 0.3) is 10.9 Å². The maximum atomic E-state index is 11.1. The Balaban J connectivity index is 1.88. The van der Waals surface area contributed by atoms with Crippen molar-refractivity contribution in [2.24, 2.45) is 5.73 Å². The van der Waals surface area contributed by atoms with E-state index in [1.165, 1.54) is 5.56 Å². The molecule has 20 heavy (non-hydrogen) atoms. The Hall–Kier alpha value is -2.48. The number of rotatable bonds is 1. The lowest BCUT2D eigenvalue weighted by Gasteiger charge is -2.30. The van der Waals surface area contributed by atoms with Gasteiger partial charge in [-0.15, -0.1) is 0 Å². The van der Waals surface area contributed by atoms with Gasteiger partial charge >= 0.3 is 6.03 Å². The molecular weight excluding hydrogens is 252 g/mol. The van der Waals surface area contributed by atoms with E-state index in [0.717, 1.165) is 23.7 Å². The molecule has 102 valence electrons. The van der Waals surface area contributed by atoms with Crippen molar-refractivity contribution in [1.82, 2.24) is 9.88 Å². The molecule has 0 spiro atoms. The molecule has 3 N–H and O–H groups in total. The Morgan fingerprint density at radius 2 is 2.15 bits per heavy atom. The van der Waals surface area contributed by atoms with Gasteiger partial charge in [-0.25, -0.2) is 4.79 Å². The predicted molar refractivity (Wildman–Crippen MR) is 76.1 cm³/mol. The molecule has 5 heteroatoms. The molecule has 0 atom stereocenters. The number of H-pyrrole nitrogens is 1. The molecule has 2 aromatic rings. The molecule has 1 aromatic carbocycles. The quantitative estimate of drug-likeness (QED) is 0.831. The van der Waals surface area contributed by atoms with Gasteiger partial charge < -0.3 is 15.6 Å². The molecule has 0 bridgehead atoms. The van der Waals surface area contributed by atoms with E-state index in [2.05, 4.69) is 11.1 Å². The molecule has 0 aliphatic carbocycles. The molecule has 0 saturated carbocycles. The first-order valence-corrected chi connectivity index (χ1v) is 6.74. The van der Waals surface area contributed by atoms with Crippen LogP contribution < -0.4 is 5.73 Å². The van der Waals surface area contributed by atoms with Gasteiger partial charge in [-0.05, 0) is 42.5 Å². The average molecular weight is 268 g/mol. The lowest BCUT2D eigenvalue weighted by atomic mass is 9.89. The van der Waals surface area contributed by atoms with Crippen molar-refractivity contribution in [1.29, 1.82) is 5.26 Å². The fourth-order valence-electron chi connectivity index (χ4n) is 2.96. The first kappa shape index (κ1) is 12.5. The van der Waals surface area contributed by atoms with E-state index in [9.17, 15) is 4.79 Å². The van der Waals surface area contributed by atoms with Crippen molar-refractivity contribution in [3.63, 3.8) is 0 Å². The number of carbonyl (C=O) groups excluding carboxylic acids is 1. The van der Waals surface area contributed by atoms with Gasteiger partial charge in [-0.2, -0.15) is 5.26 Å². The molecule has 0 radical (unpaired) electrons. The summed E-state index contributed by atoms with van der Waals surface area (Å²) >= 11 is 0. The van der Waals surface area contributed by atoms with Crippen LogP contribution in [0.15, 0.2) is 24.4 Å². The van der Waals surface area contributed by atoms with Crippen LogP contribution in [0.4, 0.5) is 4.79 Å². The van der Waals surface area contributed by atoms with E-state index in [4.69, 9.17) is 11.0 Å². The highest BCUT2D eigenvalue weighted by Gasteiger charge is 2.24. The maximum absolute atomic E-state index is 11.1. The van der Waals surface area contributed by atoms with E-state index in [1.807, 2.05) is 24.4 Å². The van der Waals surface area contributed by atoms with E-state index in [0.29, 0.717) is 24.6 Å². The monoisotopic (exact) mass is 268 g/mol.